The number of aromatic carboxylic acids is 1. The van der Waals surface area contributed by atoms with Gasteiger partial charge in [0.1, 0.15) is 11.3 Å². The summed E-state index contributed by atoms with van der Waals surface area (Å²) in [6, 6.07) is 7.06. The van der Waals surface area contributed by atoms with E-state index in [0.29, 0.717) is 0 Å². The zero-order valence-electron chi connectivity index (χ0n) is 9.55. The number of benzene rings is 1. The number of rotatable bonds is 4. The molecule has 1 aromatic heterocycles. The van der Waals surface area contributed by atoms with Crippen LogP contribution in [0.5, 0.6) is 0 Å². The quantitative estimate of drug-likeness (QED) is 0.935. The Bertz CT molecular complexity index is 596. The first-order valence-electron chi connectivity index (χ1n) is 5.30. The van der Waals surface area contributed by atoms with E-state index < -0.39 is 23.7 Å². The summed E-state index contributed by atoms with van der Waals surface area (Å²) in [5.41, 5.74) is -0.285. The van der Waals surface area contributed by atoms with Crippen molar-refractivity contribution in [3.05, 3.63) is 51.8 Å². The third kappa shape index (κ3) is 2.98. The Morgan fingerprint density at radius 1 is 1.37 bits per heavy atom. The van der Waals surface area contributed by atoms with Gasteiger partial charge in [0.2, 0.25) is 0 Å². The molecule has 19 heavy (non-hydrogen) atoms. The molecule has 1 aromatic carbocycles. The third-order valence-corrected chi connectivity index (χ3v) is 3.09. The lowest BCUT2D eigenvalue weighted by molar-refractivity contribution is 0.0682. The van der Waals surface area contributed by atoms with Crippen molar-refractivity contribution < 1.29 is 18.7 Å². The molecule has 0 amide bonds. The number of hydrogen-bond acceptors (Lipinski definition) is 2. The van der Waals surface area contributed by atoms with Crippen molar-refractivity contribution in [2.45, 2.75) is 13.0 Å². The first-order valence-corrected chi connectivity index (χ1v) is 6.10. The maximum absolute atomic E-state index is 12.9. The standard InChI is InChI=1S/C12H9BrF2N2O2/c13-8-3-1-7(2-4-8)6-17-10(11(14)15)9(5-16-17)12(18)19/h1-5,11H,6H2,(H,18,19). The van der Waals surface area contributed by atoms with Crippen LogP contribution in [-0.2, 0) is 6.54 Å². The van der Waals surface area contributed by atoms with E-state index in [1.165, 1.54) is 0 Å². The molecule has 100 valence electrons. The minimum absolute atomic E-state index is 0.0975. The average Bonchev–Trinajstić information content (AvgIpc) is 2.76. The lowest BCUT2D eigenvalue weighted by Gasteiger charge is -2.08. The average molecular weight is 331 g/mol. The Balaban J connectivity index is 2.35. The van der Waals surface area contributed by atoms with Gasteiger partial charge in [0.05, 0.1) is 12.7 Å². The summed E-state index contributed by atoms with van der Waals surface area (Å²) in [5.74, 6) is -1.41. The van der Waals surface area contributed by atoms with Gasteiger partial charge in [0, 0.05) is 4.47 Å². The van der Waals surface area contributed by atoms with Gasteiger partial charge >= 0.3 is 5.97 Å². The van der Waals surface area contributed by atoms with Crippen LogP contribution in [-0.4, -0.2) is 20.9 Å². The lowest BCUT2D eigenvalue weighted by atomic mass is 10.2. The van der Waals surface area contributed by atoms with E-state index in [2.05, 4.69) is 21.0 Å². The first-order chi connectivity index (χ1) is 8.99. The van der Waals surface area contributed by atoms with Crippen LogP contribution in [0.4, 0.5) is 8.78 Å². The molecule has 1 heterocycles. The van der Waals surface area contributed by atoms with E-state index in [0.717, 1.165) is 20.9 Å². The molecule has 7 heteroatoms. The van der Waals surface area contributed by atoms with E-state index >= 15 is 0 Å². The SMILES string of the molecule is O=C(O)c1cnn(Cc2ccc(Br)cc2)c1C(F)F. The van der Waals surface area contributed by atoms with E-state index in [1.54, 1.807) is 24.3 Å². The molecule has 0 radical (unpaired) electrons. The lowest BCUT2D eigenvalue weighted by Crippen LogP contribution is -2.09. The van der Waals surface area contributed by atoms with Gasteiger partial charge in [-0.2, -0.15) is 5.10 Å². The number of halogens is 3. The molecule has 0 aliphatic rings. The fourth-order valence-corrected chi connectivity index (χ4v) is 1.94. The highest BCUT2D eigenvalue weighted by atomic mass is 79.9. The number of carboxylic acid groups (broad SMARTS) is 1. The Morgan fingerprint density at radius 3 is 2.53 bits per heavy atom. The molecule has 0 saturated heterocycles. The van der Waals surface area contributed by atoms with Crippen molar-refractivity contribution in [1.29, 1.82) is 0 Å². The molecule has 2 aromatic rings. The van der Waals surface area contributed by atoms with Gasteiger partial charge in [0.25, 0.3) is 6.43 Å². The van der Waals surface area contributed by atoms with Crippen molar-refractivity contribution in [2.75, 3.05) is 0 Å². The molecule has 0 spiro atoms. The third-order valence-electron chi connectivity index (χ3n) is 2.56. The summed E-state index contributed by atoms with van der Waals surface area (Å²) in [7, 11) is 0. The van der Waals surface area contributed by atoms with Crippen LogP contribution in [0, 0.1) is 0 Å². The molecule has 0 atom stereocenters. The van der Waals surface area contributed by atoms with Crippen LogP contribution in [0.2, 0.25) is 0 Å². The molecule has 2 rings (SSSR count). The molecular weight excluding hydrogens is 322 g/mol. The van der Waals surface area contributed by atoms with E-state index in [9.17, 15) is 13.6 Å². The number of carboxylic acids is 1. The van der Waals surface area contributed by atoms with Gasteiger partial charge in [0.15, 0.2) is 0 Å². The summed E-state index contributed by atoms with van der Waals surface area (Å²) < 4.78 is 27.7. The van der Waals surface area contributed by atoms with Gasteiger partial charge in [-0.3, -0.25) is 4.68 Å². The Labute approximate surface area is 115 Å². The van der Waals surface area contributed by atoms with Gasteiger partial charge in [-0.05, 0) is 17.7 Å². The zero-order valence-corrected chi connectivity index (χ0v) is 11.1. The van der Waals surface area contributed by atoms with E-state index in [4.69, 9.17) is 5.11 Å². The maximum Gasteiger partial charge on any atom is 0.339 e. The summed E-state index contributed by atoms with van der Waals surface area (Å²) >= 11 is 3.27. The molecule has 0 fully saturated rings. The summed E-state index contributed by atoms with van der Waals surface area (Å²) in [5, 5.41) is 12.6. The highest BCUT2D eigenvalue weighted by molar-refractivity contribution is 9.10. The Hall–Kier alpha value is -1.76. The molecule has 4 nitrogen and oxygen atoms in total. The monoisotopic (exact) mass is 330 g/mol. The second-order valence-corrected chi connectivity index (χ2v) is 4.75. The number of aromatic nitrogens is 2. The zero-order chi connectivity index (χ0) is 14.0. The molecule has 0 aliphatic carbocycles. The molecule has 0 aliphatic heterocycles. The van der Waals surface area contributed by atoms with Crippen molar-refractivity contribution in [2.24, 2.45) is 0 Å². The largest absolute Gasteiger partial charge is 0.478 e. The van der Waals surface area contributed by atoms with Crippen LogP contribution in [0.3, 0.4) is 0 Å². The van der Waals surface area contributed by atoms with Crippen LogP contribution < -0.4 is 0 Å². The van der Waals surface area contributed by atoms with Crippen molar-refractivity contribution in [3.63, 3.8) is 0 Å². The minimum Gasteiger partial charge on any atom is -0.478 e. The van der Waals surface area contributed by atoms with Gasteiger partial charge in [-0.25, -0.2) is 13.6 Å². The predicted molar refractivity (Wildman–Crippen MR) is 67.4 cm³/mol. The topological polar surface area (TPSA) is 55.1 Å². The normalized spacial score (nSPS) is 10.9. The maximum atomic E-state index is 12.9. The molecule has 0 unspecified atom stereocenters. The fourth-order valence-electron chi connectivity index (χ4n) is 1.68. The van der Waals surface area contributed by atoms with Gasteiger partial charge in [-0.15, -0.1) is 0 Å². The van der Waals surface area contributed by atoms with Crippen LogP contribution >= 0.6 is 15.9 Å². The highest BCUT2D eigenvalue weighted by Crippen LogP contribution is 2.24. The fraction of sp³-hybridized carbons (Fsp3) is 0.167. The second kappa shape index (κ2) is 5.48. The van der Waals surface area contributed by atoms with Crippen LogP contribution in [0.15, 0.2) is 34.9 Å². The number of alkyl halides is 2. The summed E-state index contributed by atoms with van der Waals surface area (Å²) in [6.45, 7) is 0.0975. The van der Waals surface area contributed by atoms with Crippen molar-refractivity contribution in [1.82, 2.24) is 9.78 Å². The second-order valence-electron chi connectivity index (χ2n) is 3.83. The number of carbonyl (C=O) groups is 1. The van der Waals surface area contributed by atoms with Crippen molar-refractivity contribution >= 4 is 21.9 Å². The predicted octanol–water partition coefficient (Wildman–Crippen LogP) is 3.33. The molecule has 0 saturated carbocycles. The minimum atomic E-state index is -2.89. The van der Waals surface area contributed by atoms with Crippen LogP contribution in [0.25, 0.3) is 0 Å². The molecular formula is C12H9BrF2N2O2. The summed E-state index contributed by atoms with van der Waals surface area (Å²) in [6.07, 6.45) is -1.94. The molecule has 1 N–H and O–H groups in total. The number of nitrogens with zero attached hydrogens (tertiary/aromatic N) is 2. The van der Waals surface area contributed by atoms with Gasteiger partial charge < -0.3 is 5.11 Å². The van der Waals surface area contributed by atoms with E-state index in [1.807, 2.05) is 0 Å². The summed E-state index contributed by atoms with van der Waals surface area (Å²) in [4.78, 5) is 10.8. The van der Waals surface area contributed by atoms with Gasteiger partial charge in [-0.1, -0.05) is 28.1 Å². The van der Waals surface area contributed by atoms with E-state index in [-0.39, 0.29) is 6.54 Å². The number of hydrogen-bond donors (Lipinski definition) is 1. The highest BCUT2D eigenvalue weighted by Gasteiger charge is 2.24. The first kappa shape index (κ1) is 13.7. The Kier molecular flexibility index (Phi) is 3.94. The molecule has 0 bridgehead atoms. The van der Waals surface area contributed by atoms with Crippen molar-refractivity contribution in [3.8, 4) is 0 Å². The van der Waals surface area contributed by atoms with Crippen LogP contribution in [0.1, 0.15) is 28.0 Å². The smallest absolute Gasteiger partial charge is 0.339 e. The Morgan fingerprint density at radius 2 is 2.00 bits per heavy atom.